The number of aromatic nitrogens is 3. The molecule has 3 aromatic rings. The molecule has 9 nitrogen and oxygen atoms in total. The Bertz CT molecular complexity index is 1230. The minimum atomic E-state index is -4.84. The van der Waals surface area contributed by atoms with Gasteiger partial charge in [-0.25, -0.2) is 14.3 Å². The van der Waals surface area contributed by atoms with Crippen LogP contribution in [0, 0.1) is 0 Å². The first kappa shape index (κ1) is 21.9. The predicted molar refractivity (Wildman–Crippen MR) is 104 cm³/mol. The molecule has 0 spiro atoms. The highest BCUT2D eigenvalue weighted by Gasteiger charge is 2.31. The van der Waals surface area contributed by atoms with Gasteiger partial charge in [-0.2, -0.15) is 0 Å². The van der Waals surface area contributed by atoms with E-state index in [1.54, 1.807) is 6.92 Å². The molecule has 0 aliphatic heterocycles. The lowest BCUT2D eigenvalue weighted by atomic mass is 10.3. The highest BCUT2D eigenvalue weighted by molar-refractivity contribution is 5.91. The number of benzene rings is 1. The second kappa shape index (κ2) is 8.50. The standard InChI is InChI=1S/C19H17F3N4O5/c1-3-30-13-8-9-23-16-15(13)17(28)26(18(29)25(16)2)10-14(27)24-11-4-6-12(7-5-11)31-19(20,21)22/h4-9H,3,10H2,1-2H3,(H,24,27). The molecule has 0 aliphatic rings. The topological polar surface area (TPSA) is 104 Å². The number of aryl methyl sites for hydroxylation is 1. The van der Waals surface area contributed by atoms with Crippen LogP contribution in [-0.4, -0.2) is 33.0 Å². The Hall–Kier alpha value is -3.83. The second-order valence-corrected chi connectivity index (χ2v) is 6.29. The Morgan fingerprint density at radius 1 is 1.16 bits per heavy atom. The lowest BCUT2D eigenvalue weighted by molar-refractivity contribution is -0.274. The van der Waals surface area contributed by atoms with Gasteiger partial charge in [0.15, 0.2) is 5.65 Å². The van der Waals surface area contributed by atoms with Crippen LogP contribution in [-0.2, 0) is 18.4 Å². The molecule has 31 heavy (non-hydrogen) atoms. The van der Waals surface area contributed by atoms with E-state index < -0.39 is 35.8 Å². The molecule has 0 saturated carbocycles. The van der Waals surface area contributed by atoms with Crippen LogP contribution in [0.25, 0.3) is 11.0 Å². The minimum absolute atomic E-state index is 0.0490. The van der Waals surface area contributed by atoms with Gasteiger partial charge in [0.1, 0.15) is 23.4 Å². The van der Waals surface area contributed by atoms with Crippen molar-refractivity contribution in [1.29, 1.82) is 0 Å². The van der Waals surface area contributed by atoms with E-state index in [2.05, 4.69) is 15.0 Å². The number of hydrogen-bond acceptors (Lipinski definition) is 6. The van der Waals surface area contributed by atoms with Crippen molar-refractivity contribution < 1.29 is 27.4 Å². The minimum Gasteiger partial charge on any atom is -0.493 e. The predicted octanol–water partition coefficient (Wildman–Crippen LogP) is 2.03. The Morgan fingerprint density at radius 2 is 1.84 bits per heavy atom. The van der Waals surface area contributed by atoms with Crippen LogP contribution in [0.1, 0.15) is 6.92 Å². The summed E-state index contributed by atoms with van der Waals surface area (Å²) in [6, 6.07) is 5.90. The van der Waals surface area contributed by atoms with Crippen LogP contribution in [0.15, 0.2) is 46.1 Å². The molecule has 0 saturated heterocycles. The van der Waals surface area contributed by atoms with Crippen molar-refractivity contribution in [2.75, 3.05) is 11.9 Å². The first-order valence-corrected chi connectivity index (χ1v) is 8.97. The van der Waals surface area contributed by atoms with E-state index >= 15 is 0 Å². The zero-order valence-electron chi connectivity index (χ0n) is 16.4. The van der Waals surface area contributed by atoms with Gasteiger partial charge in [0, 0.05) is 18.9 Å². The maximum absolute atomic E-state index is 12.9. The molecular weight excluding hydrogens is 421 g/mol. The van der Waals surface area contributed by atoms with Crippen molar-refractivity contribution in [1.82, 2.24) is 14.1 Å². The average molecular weight is 438 g/mol. The lowest BCUT2D eigenvalue weighted by Crippen LogP contribution is -2.42. The van der Waals surface area contributed by atoms with E-state index in [-0.39, 0.29) is 29.1 Å². The number of carbonyl (C=O) groups is 1. The van der Waals surface area contributed by atoms with Gasteiger partial charge in [0.25, 0.3) is 5.56 Å². The average Bonchev–Trinajstić information content (AvgIpc) is 2.70. The molecule has 0 unspecified atom stereocenters. The number of alkyl halides is 3. The van der Waals surface area contributed by atoms with Crippen LogP contribution in [0.5, 0.6) is 11.5 Å². The van der Waals surface area contributed by atoms with E-state index in [1.807, 2.05) is 0 Å². The Kier molecular flexibility index (Phi) is 5.99. The maximum Gasteiger partial charge on any atom is 0.573 e. The molecule has 1 aromatic carbocycles. The summed E-state index contributed by atoms with van der Waals surface area (Å²) in [5, 5.41) is 2.46. The van der Waals surface area contributed by atoms with Crippen molar-refractivity contribution >= 4 is 22.6 Å². The Labute approximate surface area is 172 Å². The van der Waals surface area contributed by atoms with Crippen LogP contribution >= 0.6 is 0 Å². The van der Waals surface area contributed by atoms with Crippen molar-refractivity contribution in [2.45, 2.75) is 19.8 Å². The molecule has 0 aliphatic carbocycles. The molecule has 0 radical (unpaired) electrons. The van der Waals surface area contributed by atoms with Gasteiger partial charge in [-0.3, -0.25) is 14.2 Å². The number of nitrogens with one attached hydrogen (secondary N) is 1. The van der Waals surface area contributed by atoms with Crippen molar-refractivity contribution in [3.05, 3.63) is 57.4 Å². The summed E-state index contributed by atoms with van der Waals surface area (Å²) in [6.45, 7) is 1.38. The van der Waals surface area contributed by atoms with Crippen molar-refractivity contribution in [3.8, 4) is 11.5 Å². The molecule has 1 N–H and O–H groups in total. The summed E-state index contributed by atoms with van der Waals surface area (Å²) >= 11 is 0. The zero-order chi connectivity index (χ0) is 22.8. The zero-order valence-corrected chi connectivity index (χ0v) is 16.4. The molecule has 0 bridgehead atoms. The monoisotopic (exact) mass is 438 g/mol. The van der Waals surface area contributed by atoms with E-state index in [0.717, 1.165) is 21.3 Å². The first-order valence-electron chi connectivity index (χ1n) is 8.97. The summed E-state index contributed by atoms with van der Waals surface area (Å²) in [5.41, 5.74) is -1.25. The number of fused-ring (bicyclic) bond motifs is 1. The summed E-state index contributed by atoms with van der Waals surface area (Å²) in [5.74, 6) is -0.964. The molecular formula is C19H17F3N4O5. The van der Waals surface area contributed by atoms with Crippen LogP contribution < -0.4 is 26.0 Å². The summed E-state index contributed by atoms with van der Waals surface area (Å²) in [4.78, 5) is 41.9. The van der Waals surface area contributed by atoms with Gasteiger partial charge >= 0.3 is 12.1 Å². The third kappa shape index (κ3) is 4.85. The van der Waals surface area contributed by atoms with E-state index in [1.165, 1.54) is 31.4 Å². The van der Waals surface area contributed by atoms with Gasteiger partial charge in [-0.1, -0.05) is 0 Å². The Morgan fingerprint density at radius 3 is 2.45 bits per heavy atom. The van der Waals surface area contributed by atoms with Crippen LogP contribution in [0.3, 0.4) is 0 Å². The second-order valence-electron chi connectivity index (χ2n) is 6.29. The molecule has 2 aromatic heterocycles. The van der Waals surface area contributed by atoms with E-state index in [9.17, 15) is 27.6 Å². The van der Waals surface area contributed by atoms with Crippen LogP contribution in [0.4, 0.5) is 18.9 Å². The smallest absolute Gasteiger partial charge is 0.493 e. The number of anilines is 1. The normalized spacial score (nSPS) is 11.4. The van der Waals surface area contributed by atoms with Gasteiger partial charge in [-0.05, 0) is 37.3 Å². The fraction of sp³-hybridized carbons (Fsp3) is 0.263. The number of ether oxygens (including phenoxy) is 2. The first-order chi connectivity index (χ1) is 14.6. The molecule has 2 heterocycles. The maximum atomic E-state index is 12.9. The largest absolute Gasteiger partial charge is 0.573 e. The fourth-order valence-corrected chi connectivity index (χ4v) is 2.88. The number of pyridine rings is 1. The van der Waals surface area contributed by atoms with Crippen molar-refractivity contribution in [2.24, 2.45) is 7.05 Å². The molecule has 0 atom stereocenters. The molecule has 164 valence electrons. The SMILES string of the molecule is CCOc1ccnc2c1c(=O)n(CC(=O)Nc1ccc(OC(F)(F)F)cc1)c(=O)n2C. The highest BCUT2D eigenvalue weighted by atomic mass is 19.4. The molecule has 3 rings (SSSR count). The van der Waals surface area contributed by atoms with Gasteiger partial charge in [-0.15, -0.1) is 13.2 Å². The molecule has 12 heteroatoms. The molecule has 0 fully saturated rings. The third-order valence-corrected chi connectivity index (χ3v) is 4.16. The van der Waals surface area contributed by atoms with Gasteiger partial charge in [0.05, 0.1) is 6.61 Å². The number of carbonyl (C=O) groups excluding carboxylic acids is 1. The Balaban J connectivity index is 1.88. The quantitative estimate of drug-likeness (QED) is 0.632. The summed E-state index contributed by atoms with van der Waals surface area (Å²) in [6.07, 6.45) is -3.44. The van der Waals surface area contributed by atoms with Gasteiger partial charge in [0.2, 0.25) is 5.91 Å². The number of hydrogen-bond donors (Lipinski definition) is 1. The highest BCUT2D eigenvalue weighted by Crippen LogP contribution is 2.24. The van der Waals surface area contributed by atoms with E-state index in [4.69, 9.17) is 4.74 Å². The van der Waals surface area contributed by atoms with Gasteiger partial charge < -0.3 is 14.8 Å². The number of amides is 1. The van der Waals surface area contributed by atoms with Crippen LogP contribution in [0.2, 0.25) is 0 Å². The number of halogens is 3. The molecule has 1 amide bonds. The summed E-state index contributed by atoms with van der Waals surface area (Å²) in [7, 11) is 1.40. The number of rotatable bonds is 6. The van der Waals surface area contributed by atoms with E-state index in [0.29, 0.717) is 0 Å². The third-order valence-electron chi connectivity index (χ3n) is 4.16. The fourth-order valence-electron chi connectivity index (χ4n) is 2.88. The lowest BCUT2D eigenvalue weighted by Gasteiger charge is -2.13. The summed E-state index contributed by atoms with van der Waals surface area (Å²) < 4.78 is 47.7. The number of nitrogens with zero attached hydrogens (tertiary/aromatic N) is 3. The van der Waals surface area contributed by atoms with Crippen molar-refractivity contribution in [3.63, 3.8) is 0 Å².